The van der Waals surface area contributed by atoms with Crippen LogP contribution in [0.15, 0.2) is 60.9 Å². The highest BCUT2D eigenvalue weighted by Crippen LogP contribution is 2.39. The maximum absolute atomic E-state index is 12.3. The second-order valence-electron chi connectivity index (χ2n) is 7.06. The number of ether oxygens (including phenoxy) is 2. The molecule has 1 amide bonds. The molecule has 0 unspecified atom stereocenters. The second-order valence-corrected chi connectivity index (χ2v) is 7.06. The van der Waals surface area contributed by atoms with Crippen molar-refractivity contribution in [1.82, 2.24) is 4.98 Å². The van der Waals surface area contributed by atoms with Gasteiger partial charge in [0.05, 0.1) is 12.2 Å². The first-order valence-corrected chi connectivity index (χ1v) is 9.86. The van der Waals surface area contributed by atoms with E-state index in [9.17, 15) is 9.59 Å². The number of hydrogen-bond acceptors (Lipinski definition) is 5. The van der Waals surface area contributed by atoms with Crippen LogP contribution in [0.3, 0.4) is 0 Å². The number of nitrogens with zero attached hydrogens (tertiary/aromatic N) is 1. The van der Waals surface area contributed by atoms with Crippen LogP contribution in [0.2, 0.25) is 0 Å². The quantitative estimate of drug-likeness (QED) is 0.676. The molecule has 1 aliphatic heterocycles. The Morgan fingerprint density at radius 3 is 2.47 bits per heavy atom. The van der Waals surface area contributed by atoms with Gasteiger partial charge in [0, 0.05) is 29.9 Å². The molecule has 3 aromatic rings. The number of primary amides is 1. The number of benzene rings is 2. The van der Waals surface area contributed by atoms with E-state index in [1.54, 1.807) is 30.6 Å². The maximum atomic E-state index is 12.3. The smallest absolute Gasteiger partial charge is 0.248 e. The average molecular weight is 402 g/mol. The first-order valence-electron chi connectivity index (χ1n) is 9.86. The highest BCUT2D eigenvalue weighted by atomic mass is 16.5. The Balaban J connectivity index is 1.76. The molecule has 6 nitrogen and oxygen atoms in total. The predicted molar refractivity (Wildman–Crippen MR) is 112 cm³/mol. The van der Waals surface area contributed by atoms with Crippen LogP contribution in [0.1, 0.15) is 56.9 Å². The third kappa shape index (κ3) is 3.76. The Hall–Kier alpha value is -3.67. The number of aromatic nitrogens is 1. The molecule has 2 aromatic carbocycles. The van der Waals surface area contributed by atoms with E-state index in [1.165, 1.54) is 0 Å². The van der Waals surface area contributed by atoms with Crippen molar-refractivity contribution in [2.24, 2.45) is 5.73 Å². The first-order chi connectivity index (χ1) is 14.6. The summed E-state index contributed by atoms with van der Waals surface area (Å²) in [7, 11) is 0. The van der Waals surface area contributed by atoms with Gasteiger partial charge in [0.1, 0.15) is 17.6 Å². The lowest BCUT2D eigenvalue weighted by Gasteiger charge is -2.25. The van der Waals surface area contributed by atoms with Crippen molar-refractivity contribution in [2.45, 2.75) is 25.9 Å². The zero-order chi connectivity index (χ0) is 21.1. The minimum absolute atomic E-state index is 0.0882. The largest absolute Gasteiger partial charge is 0.492 e. The number of Topliss-reactive ketones (excluding diaryl/α,β-unsaturated/α-hetero) is 1. The summed E-state index contributed by atoms with van der Waals surface area (Å²) in [6, 6.07) is 14.4. The van der Waals surface area contributed by atoms with Crippen molar-refractivity contribution in [3.63, 3.8) is 0 Å². The number of pyridine rings is 1. The summed E-state index contributed by atoms with van der Waals surface area (Å²) in [4.78, 5) is 27.8. The summed E-state index contributed by atoms with van der Waals surface area (Å²) in [5, 5.41) is 0. The van der Waals surface area contributed by atoms with Gasteiger partial charge in [-0.3, -0.25) is 14.6 Å². The van der Waals surface area contributed by atoms with E-state index in [0.717, 1.165) is 16.7 Å². The molecular formula is C24H22N2O4. The van der Waals surface area contributed by atoms with Crippen LogP contribution in [0.4, 0.5) is 0 Å². The standard InChI is InChI=1S/C24H22N2O4/c1-2-18-21(8-7-19-20(27)11-14-29-23(18)19)30-22(16-9-12-26-13-10-16)15-3-5-17(6-4-15)24(25)28/h3-10,12-13,22H,2,11,14H2,1H3,(H2,25,28)/t22-/m1/s1. The number of carbonyl (C=O) groups excluding carboxylic acids is 2. The minimum Gasteiger partial charge on any atom is -0.492 e. The lowest BCUT2D eigenvalue weighted by Crippen LogP contribution is -2.18. The van der Waals surface area contributed by atoms with Crippen LogP contribution >= 0.6 is 0 Å². The Morgan fingerprint density at radius 1 is 1.10 bits per heavy atom. The summed E-state index contributed by atoms with van der Waals surface area (Å²) < 4.78 is 12.3. The van der Waals surface area contributed by atoms with Crippen LogP contribution in [0.25, 0.3) is 0 Å². The van der Waals surface area contributed by atoms with Gasteiger partial charge in [0.2, 0.25) is 5.91 Å². The molecule has 1 aromatic heterocycles. The molecule has 0 bridgehead atoms. The molecule has 1 aliphatic rings. The summed E-state index contributed by atoms with van der Waals surface area (Å²) in [5.41, 5.74) is 9.05. The number of rotatable bonds is 6. The summed E-state index contributed by atoms with van der Waals surface area (Å²) >= 11 is 0. The van der Waals surface area contributed by atoms with Gasteiger partial charge in [-0.05, 0) is 53.9 Å². The number of nitrogens with two attached hydrogens (primary N) is 1. The molecule has 152 valence electrons. The van der Waals surface area contributed by atoms with Gasteiger partial charge in [-0.25, -0.2) is 0 Å². The van der Waals surface area contributed by atoms with Gasteiger partial charge in [-0.15, -0.1) is 0 Å². The van der Waals surface area contributed by atoms with Gasteiger partial charge in [-0.1, -0.05) is 19.1 Å². The van der Waals surface area contributed by atoms with Crippen LogP contribution in [-0.2, 0) is 6.42 Å². The van der Waals surface area contributed by atoms with Gasteiger partial charge in [-0.2, -0.15) is 0 Å². The molecule has 1 atom stereocenters. The van der Waals surface area contributed by atoms with Crippen LogP contribution in [0.5, 0.6) is 11.5 Å². The predicted octanol–water partition coefficient (Wildman–Crippen LogP) is 3.88. The fourth-order valence-corrected chi connectivity index (χ4v) is 3.64. The molecule has 2 heterocycles. The Labute approximate surface area is 174 Å². The van der Waals surface area contributed by atoms with Crippen LogP contribution in [-0.4, -0.2) is 23.3 Å². The van der Waals surface area contributed by atoms with Gasteiger partial charge < -0.3 is 15.2 Å². The first kappa shape index (κ1) is 19.6. The highest BCUT2D eigenvalue weighted by molar-refractivity contribution is 6.00. The third-order valence-electron chi connectivity index (χ3n) is 5.20. The molecule has 6 heteroatoms. The molecule has 0 aliphatic carbocycles. The molecule has 0 radical (unpaired) electrons. The van der Waals surface area contributed by atoms with E-state index in [-0.39, 0.29) is 5.78 Å². The molecule has 4 rings (SSSR count). The lowest BCUT2D eigenvalue weighted by molar-refractivity contribution is 0.0931. The van der Waals surface area contributed by atoms with Crippen molar-refractivity contribution >= 4 is 11.7 Å². The molecule has 2 N–H and O–H groups in total. The van der Waals surface area contributed by atoms with E-state index in [0.29, 0.717) is 42.1 Å². The Kier molecular flexibility index (Phi) is 5.48. The van der Waals surface area contributed by atoms with Crippen molar-refractivity contribution in [1.29, 1.82) is 0 Å². The Bertz CT molecular complexity index is 1080. The van der Waals surface area contributed by atoms with Crippen molar-refractivity contribution in [3.05, 3.63) is 88.7 Å². The fourth-order valence-electron chi connectivity index (χ4n) is 3.64. The molecule has 0 saturated carbocycles. The lowest BCUT2D eigenvalue weighted by atomic mass is 9.98. The van der Waals surface area contributed by atoms with Crippen LogP contribution in [0, 0.1) is 0 Å². The zero-order valence-electron chi connectivity index (χ0n) is 16.6. The van der Waals surface area contributed by atoms with Gasteiger partial charge in [0.25, 0.3) is 0 Å². The maximum Gasteiger partial charge on any atom is 0.248 e. The third-order valence-corrected chi connectivity index (χ3v) is 5.20. The fraction of sp³-hybridized carbons (Fsp3) is 0.208. The SMILES string of the molecule is CCc1c(O[C@@H](c2ccncc2)c2ccc(C(N)=O)cc2)ccc2c1OCCC2=O. The van der Waals surface area contributed by atoms with Crippen LogP contribution < -0.4 is 15.2 Å². The Morgan fingerprint density at radius 2 is 1.80 bits per heavy atom. The summed E-state index contributed by atoms with van der Waals surface area (Å²) in [6.45, 7) is 2.39. The van der Waals surface area contributed by atoms with Crippen molar-refractivity contribution in [3.8, 4) is 11.5 Å². The molecule has 0 fully saturated rings. The van der Waals surface area contributed by atoms with Crippen molar-refractivity contribution in [2.75, 3.05) is 6.61 Å². The second kappa shape index (κ2) is 8.37. The highest BCUT2D eigenvalue weighted by Gasteiger charge is 2.25. The summed E-state index contributed by atoms with van der Waals surface area (Å²) in [6.07, 6.45) is 4.03. The number of ketones is 1. The van der Waals surface area contributed by atoms with Gasteiger partial charge in [0.15, 0.2) is 5.78 Å². The average Bonchev–Trinajstić information content (AvgIpc) is 2.78. The molecule has 0 saturated heterocycles. The monoisotopic (exact) mass is 402 g/mol. The number of fused-ring (bicyclic) bond motifs is 1. The molecule has 30 heavy (non-hydrogen) atoms. The number of carbonyl (C=O) groups is 2. The minimum atomic E-state index is -0.479. The topological polar surface area (TPSA) is 91.5 Å². The number of hydrogen-bond donors (Lipinski definition) is 1. The zero-order valence-corrected chi connectivity index (χ0v) is 16.6. The van der Waals surface area contributed by atoms with E-state index in [2.05, 4.69) is 4.98 Å². The van der Waals surface area contributed by atoms with E-state index >= 15 is 0 Å². The van der Waals surface area contributed by atoms with E-state index in [4.69, 9.17) is 15.2 Å². The number of amides is 1. The van der Waals surface area contributed by atoms with E-state index in [1.807, 2.05) is 37.3 Å². The van der Waals surface area contributed by atoms with E-state index < -0.39 is 12.0 Å². The normalized spacial score (nSPS) is 13.8. The molecule has 0 spiro atoms. The summed E-state index contributed by atoms with van der Waals surface area (Å²) in [5.74, 6) is 0.883. The van der Waals surface area contributed by atoms with Crippen molar-refractivity contribution < 1.29 is 19.1 Å². The van der Waals surface area contributed by atoms with Gasteiger partial charge >= 0.3 is 0 Å². The molecular weight excluding hydrogens is 380 g/mol.